The largest absolute Gasteiger partial charge is 0.379 e. The van der Waals surface area contributed by atoms with Gasteiger partial charge in [0.1, 0.15) is 5.71 Å². The molecule has 9 nitrogen and oxygen atoms in total. The van der Waals surface area contributed by atoms with E-state index in [0.717, 1.165) is 70.2 Å². The van der Waals surface area contributed by atoms with E-state index in [1.54, 1.807) is 47.4 Å². The first kappa shape index (κ1) is 23.1. The third-order valence-electron chi connectivity index (χ3n) is 5.80. The highest BCUT2D eigenvalue weighted by molar-refractivity contribution is 8.00. The van der Waals surface area contributed by atoms with Gasteiger partial charge >= 0.3 is 0 Å². The van der Waals surface area contributed by atoms with Gasteiger partial charge < -0.3 is 18.9 Å². The maximum atomic E-state index is 11.1. The highest BCUT2D eigenvalue weighted by atomic mass is 32.2. The molecule has 0 saturated carbocycles. The fraction of sp³-hybridized carbons (Fsp3) is 0.348. The number of benzene rings is 1. The van der Waals surface area contributed by atoms with Crippen LogP contribution in [0.15, 0.2) is 52.0 Å². The zero-order chi connectivity index (χ0) is 23.5. The predicted molar refractivity (Wildman–Crippen MR) is 132 cm³/mol. The molecule has 2 aliphatic rings. The second-order valence-corrected chi connectivity index (χ2v) is 9.86. The number of thioether (sulfide) groups is 1. The Morgan fingerprint density at radius 3 is 2.76 bits per heavy atom. The lowest BCUT2D eigenvalue weighted by Gasteiger charge is -2.26. The number of morpholine rings is 1. The van der Waals surface area contributed by atoms with Crippen molar-refractivity contribution in [2.24, 2.45) is 5.16 Å². The van der Waals surface area contributed by atoms with Gasteiger partial charge in [-0.3, -0.25) is 15.0 Å². The number of oxime groups is 1. The summed E-state index contributed by atoms with van der Waals surface area (Å²) in [5, 5.41) is 15.5. The molecule has 2 aromatic heterocycles. The molecule has 3 aromatic rings. The molecule has 1 saturated heterocycles. The zero-order valence-electron chi connectivity index (χ0n) is 18.6. The third kappa shape index (κ3) is 4.49. The molecule has 5 rings (SSSR count). The lowest BCUT2D eigenvalue weighted by Crippen LogP contribution is -2.38. The Bertz CT molecular complexity index is 1200. The molecule has 2 aliphatic heterocycles. The van der Waals surface area contributed by atoms with Gasteiger partial charge in [0.15, 0.2) is 0 Å². The summed E-state index contributed by atoms with van der Waals surface area (Å²) in [7, 11) is 0. The van der Waals surface area contributed by atoms with E-state index in [-0.39, 0.29) is 17.4 Å². The van der Waals surface area contributed by atoms with Crippen LogP contribution in [0.2, 0.25) is 0 Å². The highest BCUT2D eigenvalue weighted by Gasteiger charge is 2.33. The molecule has 0 amide bonds. The smallest absolute Gasteiger partial charge is 0.269 e. The Balaban J connectivity index is 1.34. The van der Waals surface area contributed by atoms with Crippen molar-refractivity contribution in [3.05, 3.63) is 63.3 Å². The first-order valence-corrected chi connectivity index (χ1v) is 12.9. The molecule has 11 heteroatoms. The van der Waals surface area contributed by atoms with Gasteiger partial charge in [-0.15, -0.1) is 23.1 Å². The maximum absolute atomic E-state index is 11.1. The van der Waals surface area contributed by atoms with Gasteiger partial charge in [-0.25, -0.2) is 0 Å². The van der Waals surface area contributed by atoms with Gasteiger partial charge in [0.2, 0.25) is 6.79 Å². The van der Waals surface area contributed by atoms with E-state index < -0.39 is 0 Å². The highest BCUT2D eigenvalue weighted by Crippen LogP contribution is 2.48. The summed E-state index contributed by atoms with van der Waals surface area (Å²) in [5.74, 6) is 0. The number of nitrogens with zero attached hydrogens (tertiary/aromatic N) is 4. The molecule has 0 atom stereocenters. The van der Waals surface area contributed by atoms with E-state index in [2.05, 4.69) is 14.6 Å². The van der Waals surface area contributed by atoms with Crippen LogP contribution in [0.3, 0.4) is 0 Å². The van der Waals surface area contributed by atoms with Crippen molar-refractivity contribution in [1.29, 1.82) is 0 Å². The molecular formula is C23H24N4O5S2. The van der Waals surface area contributed by atoms with E-state index in [0.29, 0.717) is 6.61 Å². The van der Waals surface area contributed by atoms with Crippen molar-refractivity contribution in [3.8, 4) is 16.8 Å². The molecule has 1 fully saturated rings. The van der Waals surface area contributed by atoms with Gasteiger partial charge in [-0.2, -0.15) is 0 Å². The summed E-state index contributed by atoms with van der Waals surface area (Å²) in [4.78, 5) is 19.6. The fourth-order valence-corrected chi connectivity index (χ4v) is 6.16. The van der Waals surface area contributed by atoms with Gasteiger partial charge in [-0.05, 0) is 36.1 Å². The average Bonchev–Trinajstić information content (AvgIpc) is 3.54. The van der Waals surface area contributed by atoms with Crippen LogP contribution in [0, 0.1) is 10.1 Å². The number of rotatable bonds is 9. The second-order valence-electron chi connectivity index (χ2n) is 7.76. The van der Waals surface area contributed by atoms with Crippen molar-refractivity contribution in [2.75, 3.05) is 52.5 Å². The summed E-state index contributed by atoms with van der Waals surface area (Å²) in [6.07, 6.45) is 4.03. The number of hydrogen-bond donors (Lipinski definition) is 0. The fourth-order valence-electron chi connectivity index (χ4n) is 4.12. The van der Waals surface area contributed by atoms with E-state index in [1.165, 1.54) is 0 Å². The summed E-state index contributed by atoms with van der Waals surface area (Å²) in [6, 6.07) is 10.7. The first-order valence-electron chi connectivity index (χ1n) is 10.9. The van der Waals surface area contributed by atoms with Crippen LogP contribution in [0.1, 0.15) is 10.6 Å². The Kier molecular flexibility index (Phi) is 6.97. The number of ether oxygens (including phenoxy) is 2. The number of hydrogen-bond acceptors (Lipinski definition) is 9. The summed E-state index contributed by atoms with van der Waals surface area (Å²) in [5.41, 5.74) is 4.80. The molecule has 178 valence electrons. The number of thiophene rings is 1. The predicted octanol–water partition coefficient (Wildman–Crippen LogP) is 4.22. The standard InChI is InChI=1S/C23H24N4O5S2/c1-33-23-19(16-4-6-17(7-5-16)27(28)29)21-22(34-23)20(18-3-2-8-26(18)21)24-32-15-31-14-11-25-9-12-30-13-10-25/h2-8H,9-15H2,1H3/b24-20-. The van der Waals surface area contributed by atoms with Crippen LogP contribution >= 0.6 is 23.1 Å². The van der Waals surface area contributed by atoms with Crippen molar-refractivity contribution >= 4 is 34.5 Å². The molecule has 4 heterocycles. The Hall–Kier alpha value is -2.70. The molecule has 0 unspecified atom stereocenters. The first-order chi connectivity index (χ1) is 16.7. The van der Waals surface area contributed by atoms with Crippen LogP contribution in [-0.2, 0) is 14.3 Å². The second kappa shape index (κ2) is 10.3. The van der Waals surface area contributed by atoms with Crippen molar-refractivity contribution in [2.45, 2.75) is 4.21 Å². The zero-order valence-corrected chi connectivity index (χ0v) is 20.3. The SMILES string of the molecule is CSc1sc2c(c1-c1ccc([N+](=O)[O-])cc1)-n1cccc1/C2=N/OCOCCN1CCOCC1. The minimum absolute atomic E-state index is 0.0762. The van der Waals surface area contributed by atoms with Crippen LogP contribution in [0.5, 0.6) is 0 Å². The average molecular weight is 501 g/mol. The summed E-state index contributed by atoms with van der Waals surface area (Å²) in [6.45, 7) is 4.90. The minimum Gasteiger partial charge on any atom is -0.379 e. The molecule has 0 radical (unpaired) electrons. The van der Waals surface area contributed by atoms with Crippen LogP contribution in [-0.4, -0.2) is 72.6 Å². The lowest BCUT2D eigenvalue weighted by atomic mass is 10.1. The third-order valence-corrected chi connectivity index (χ3v) is 8.10. The van der Waals surface area contributed by atoms with Crippen molar-refractivity contribution in [3.63, 3.8) is 0 Å². The number of nitro benzene ring substituents is 1. The topological polar surface area (TPSA) is 91.4 Å². The molecule has 1 aromatic carbocycles. The molecule has 0 bridgehead atoms. The summed E-state index contributed by atoms with van der Waals surface area (Å²) >= 11 is 3.30. The van der Waals surface area contributed by atoms with Crippen LogP contribution in [0.4, 0.5) is 5.69 Å². The Morgan fingerprint density at radius 1 is 1.24 bits per heavy atom. The van der Waals surface area contributed by atoms with E-state index in [1.807, 2.05) is 24.6 Å². The molecule has 0 spiro atoms. The summed E-state index contributed by atoms with van der Waals surface area (Å²) < 4.78 is 14.2. The van der Waals surface area contributed by atoms with Crippen LogP contribution < -0.4 is 0 Å². The molecular weight excluding hydrogens is 476 g/mol. The number of non-ortho nitro benzene ring substituents is 1. The van der Waals surface area contributed by atoms with E-state index in [9.17, 15) is 10.1 Å². The van der Waals surface area contributed by atoms with Crippen molar-refractivity contribution < 1.29 is 19.2 Å². The Morgan fingerprint density at radius 2 is 2.03 bits per heavy atom. The monoisotopic (exact) mass is 500 g/mol. The van der Waals surface area contributed by atoms with E-state index in [4.69, 9.17) is 14.3 Å². The van der Waals surface area contributed by atoms with Gasteiger partial charge in [0, 0.05) is 43.5 Å². The lowest BCUT2D eigenvalue weighted by molar-refractivity contribution is -0.384. The van der Waals surface area contributed by atoms with Gasteiger partial charge in [0.25, 0.3) is 5.69 Å². The number of fused-ring (bicyclic) bond motifs is 3. The molecule has 0 N–H and O–H groups in total. The molecule has 34 heavy (non-hydrogen) atoms. The quantitative estimate of drug-likeness (QED) is 0.112. The number of aromatic nitrogens is 1. The normalized spacial score (nSPS) is 16.6. The van der Waals surface area contributed by atoms with Crippen molar-refractivity contribution in [1.82, 2.24) is 9.47 Å². The maximum Gasteiger partial charge on any atom is 0.269 e. The molecule has 0 aliphatic carbocycles. The Labute approximate surface area is 205 Å². The number of nitro groups is 1. The van der Waals surface area contributed by atoms with Crippen LogP contribution in [0.25, 0.3) is 16.8 Å². The minimum atomic E-state index is -0.382. The van der Waals surface area contributed by atoms with Gasteiger partial charge in [0.05, 0.1) is 45.2 Å². The van der Waals surface area contributed by atoms with E-state index >= 15 is 0 Å². The van der Waals surface area contributed by atoms with Gasteiger partial charge in [-0.1, -0.05) is 5.16 Å².